The number of halogens is 2. The molecule has 33 heavy (non-hydrogen) atoms. The minimum absolute atomic E-state index is 0.0200. The predicted molar refractivity (Wildman–Crippen MR) is 121 cm³/mol. The Balaban J connectivity index is 1.74. The summed E-state index contributed by atoms with van der Waals surface area (Å²) in [4.78, 5) is 36.0. The van der Waals surface area contributed by atoms with Gasteiger partial charge in [0.05, 0.1) is 11.1 Å². The molecular weight excluding hydrogens is 428 g/mol. The monoisotopic (exact) mass is 451 g/mol. The van der Waals surface area contributed by atoms with Gasteiger partial charge in [-0.05, 0) is 67.8 Å². The van der Waals surface area contributed by atoms with Crippen molar-refractivity contribution < 1.29 is 28.3 Å². The van der Waals surface area contributed by atoms with Crippen molar-refractivity contribution in [2.24, 2.45) is 5.41 Å². The minimum Gasteiger partial charge on any atom is -0.481 e. The molecule has 0 fully saturated rings. The first-order valence-electron chi connectivity index (χ1n) is 10.2. The smallest absolute Gasteiger partial charge is 0.309 e. The Morgan fingerprint density at radius 1 is 0.848 bits per heavy atom. The molecule has 0 aromatic heterocycles. The Morgan fingerprint density at radius 3 is 2.03 bits per heavy atom. The SMILES string of the molecule is Cc1cc(C(=O)Nc2ccc(-c3ccc(C(=O)CC(C)(C)C(=O)O)cc3)cc2F)ccc1F. The van der Waals surface area contributed by atoms with E-state index in [0.717, 1.165) is 0 Å². The molecule has 1 amide bonds. The molecule has 3 aromatic rings. The second-order valence-corrected chi connectivity index (χ2v) is 8.48. The normalized spacial score (nSPS) is 11.2. The summed E-state index contributed by atoms with van der Waals surface area (Å²) in [6, 6.07) is 14.6. The number of carbonyl (C=O) groups excluding carboxylic acids is 2. The van der Waals surface area contributed by atoms with Gasteiger partial charge in [-0.25, -0.2) is 8.78 Å². The average Bonchev–Trinajstić information content (AvgIpc) is 2.76. The van der Waals surface area contributed by atoms with Gasteiger partial charge < -0.3 is 10.4 Å². The van der Waals surface area contributed by atoms with Crippen molar-refractivity contribution in [3.63, 3.8) is 0 Å². The zero-order chi connectivity index (χ0) is 24.3. The van der Waals surface area contributed by atoms with Gasteiger partial charge in [-0.2, -0.15) is 0 Å². The molecule has 0 unspecified atom stereocenters. The third-order valence-corrected chi connectivity index (χ3v) is 5.36. The second kappa shape index (κ2) is 9.32. The van der Waals surface area contributed by atoms with Gasteiger partial charge >= 0.3 is 5.97 Å². The third kappa shape index (κ3) is 5.49. The van der Waals surface area contributed by atoms with Gasteiger partial charge in [0.15, 0.2) is 5.78 Å². The van der Waals surface area contributed by atoms with Crippen LogP contribution in [0.25, 0.3) is 11.1 Å². The summed E-state index contributed by atoms with van der Waals surface area (Å²) >= 11 is 0. The quantitative estimate of drug-likeness (QED) is 0.440. The van der Waals surface area contributed by atoms with Crippen LogP contribution in [0.5, 0.6) is 0 Å². The number of hydrogen-bond acceptors (Lipinski definition) is 3. The molecule has 170 valence electrons. The standard InChI is InChI=1S/C26H23F2NO4/c1-15-12-19(8-10-20(15)27)24(31)29-22-11-9-18(13-21(22)28)16-4-6-17(7-5-16)23(30)14-26(2,3)25(32)33/h4-13H,14H2,1-3H3,(H,29,31)(H,32,33). The van der Waals surface area contributed by atoms with E-state index in [1.807, 2.05) is 0 Å². The van der Waals surface area contributed by atoms with Gasteiger partial charge in [-0.3, -0.25) is 14.4 Å². The van der Waals surface area contributed by atoms with Crippen LogP contribution in [0.4, 0.5) is 14.5 Å². The molecule has 2 N–H and O–H groups in total. The maximum Gasteiger partial charge on any atom is 0.309 e. The van der Waals surface area contributed by atoms with Crippen molar-refractivity contribution >= 4 is 23.3 Å². The Bertz CT molecular complexity index is 1230. The Hall–Kier alpha value is -3.87. The topological polar surface area (TPSA) is 83.5 Å². The lowest BCUT2D eigenvalue weighted by Gasteiger charge is -2.17. The maximum atomic E-state index is 14.6. The number of amides is 1. The van der Waals surface area contributed by atoms with Gasteiger partial charge in [0.25, 0.3) is 5.91 Å². The highest BCUT2D eigenvalue weighted by Crippen LogP contribution is 2.27. The number of Topliss-reactive ketones (excluding diaryl/α,β-unsaturated/α-hetero) is 1. The van der Waals surface area contributed by atoms with Gasteiger partial charge in [-0.1, -0.05) is 30.3 Å². The van der Waals surface area contributed by atoms with Crippen LogP contribution in [0.2, 0.25) is 0 Å². The number of nitrogens with one attached hydrogen (secondary N) is 1. The third-order valence-electron chi connectivity index (χ3n) is 5.36. The van der Waals surface area contributed by atoms with Crippen LogP contribution >= 0.6 is 0 Å². The second-order valence-electron chi connectivity index (χ2n) is 8.48. The molecule has 0 heterocycles. The predicted octanol–water partition coefficient (Wildman–Crippen LogP) is 5.88. The molecule has 5 nitrogen and oxygen atoms in total. The van der Waals surface area contributed by atoms with Gasteiger partial charge in [0, 0.05) is 17.5 Å². The van der Waals surface area contributed by atoms with Crippen LogP contribution < -0.4 is 5.32 Å². The molecule has 3 rings (SSSR count). The molecule has 0 saturated heterocycles. The van der Waals surface area contributed by atoms with Crippen LogP contribution in [0.1, 0.15) is 46.5 Å². The minimum atomic E-state index is -1.17. The number of rotatable bonds is 7. The molecule has 0 aliphatic carbocycles. The highest BCUT2D eigenvalue weighted by Gasteiger charge is 2.30. The largest absolute Gasteiger partial charge is 0.481 e. The molecule has 3 aromatic carbocycles. The lowest BCUT2D eigenvalue weighted by atomic mass is 9.85. The maximum absolute atomic E-state index is 14.6. The molecule has 7 heteroatoms. The van der Waals surface area contributed by atoms with E-state index in [4.69, 9.17) is 0 Å². The van der Waals surface area contributed by atoms with Crippen LogP contribution in [-0.2, 0) is 4.79 Å². The van der Waals surface area contributed by atoms with Crippen LogP contribution in [0.15, 0.2) is 60.7 Å². The van der Waals surface area contributed by atoms with Gasteiger partial charge in [0.1, 0.15) is 11.6 Å². The number of aliphatic carboxylic acids is 1. The van der Waals surface area contributed by atoms with E-state index in [2.05, 4.69) is 5.32 Å². The van der Waals surface area contributed by atoms with E-state index in [1.54, 1.807) is 30.3 Å². The number of carboxylic acid groups (broad SMARTS) is 1. The van der Waals surface area contributed by atoms with Crippen molar-refractivity contribution in [2.75, 3.05) is 5.32 Å². The fourth-order valence-electron chi connectivity index (χ4n) is 3.20. The Kier molecular flexibility index (Phi) is 6.72. The van der Waals surface area contributed by atoms with Crippen LogP contribution in [-0.4, -0.2) is 22.8 Å². The molecule has 0 aliphatic heterocycles. The molecular formula is C26H23F2NO4. The van der Waals surface area contributed by atoms with E-state index in [0.29, 0.717) is 22.3 Å². The lowest BCUT2D eigenvalue weighted by Crippen LogP contribution is -2.26. The Morgan fingerprint density at radius 2 is 1.45 bits per heavy atom. The highest BCUT2D eigenvalue weighted by atomic mass is 19.1. The first-order valence-corrected chi connectivity index (χ1v) is 10.2. The lowest BCUT2D eigenvalue weighted by molar-refractivity contribution is -0.146. The number of carbonyl (C=O) groups is 3. The van der Waals surface area contributed by atoms with Crippen LogP contribution in [0, 0.1) is 24.0 Å². The van der Waals surface area contributed by atoms with Crippen LogP contribution in [0.3, 0.4) is 0 Å². The van der Waals surface area contributed by atoms with Crippen molar-refractivity contribution in [3.8, 4) is 11.1 Å². The zero-order valence-electron chi connectivity index (χ0n) is 18.4. The summed E-state index contributed by atoms with van der Waals surface area (Å²) in [5, 5.41) is 11.7. The summed E-state index contributed by atoms with van der Waals surface area (Å²) < 4.78 is 28.0. The van der Waals surface area contributed by atoms with E-state index < -0.39 is 28.9 Å². The molecule has 0 atom stereocenters. The number of ketones is 1. The van der Waals surface area contributed by atoms with E-state index in [-0.39, 0.29) is 23.5 Å². The zero-order valence-corrected chi connectivity index (χ0v) is 18.4. The number of benzene rings is 3. The summed E-state index contributed by atoms with van der Waals surface area (Å²) in [5.41, 5.74) is 0.880. The average molecular weight is 451 g/mol. The van der Waals surface area contributed by atoms with Gasteiger partial charge in [0.2, 0.25) is 0 Å². The van der Waals surface area contributed by atoms with Gasteiger partial charge in [-0.15, -0.1) is 0 Å². The molecule has 0 spiro atoms. The molecule has 0 saturated carbocycles. The van der Waals surface area contributed by atoms with E-state index in [1.165, 1.54) is 51.1 Å². The summed E-state index contributed by atoms with van der Waals surface area (Å²) in [6.45, 7) is 4.51. The summed E-state index contributed by atoms with van der Waals surface area (Å²) in [5.74, 6) is -2.99. The number of aryl methyl sites for hydroxylation is 1. The van der Waals surface area contributed by atoms with Crippen molar-refractivity contribution in [3.05, 3.63) is 89.0 Å². The highest BCUT2D eigenvalue weighted by molar-refractivity contribution is 6.04. The fourth-order valence-corrected chi connectivity index (χ4v) is 3.20. The first-order chi connectivity index (χ1) is 15.5. The van der Waals surface area contributed by atoms with Crippen molar-refractivity contribution in [2.45, 2.75) is 27.2 Å². The number of carboxylic acids is 1. The Labute approximate surface area is 190 Å². The summed E-state index contributed by atoms with van der Waals surface area (Å²) in [6.07, 6.45) is -0.141. The van der Waals surface area contributed by atoms with E-state index >= 15 is 0 Å². The number of anilines is 1. The first kappa shape index (κ1) is 23.8. The molecule has 0 aliphatic rings. The fraction of sp³-hybridized carbons (Fsp3) is 0.192. The van der Waals surface area contributed by atoms with Crippen molar-refractivity contribution in [1.82, 2.24) is 0 Å². The van der Waals surface area contributed by atoms with E-state index in [9.17, 15) is 28.3 Å². The molecule has 0 radical (unpaired) electrons. The molecule has 0 bridgehead atoms. The summed E-state index contributed by atoms with van der Waals surface area (Å²) in [7, 11) is 0. The van der Waals surface area contributed by atoms with Crippen molar-refractivity contribution in [1.29, 1.82) is 0 Å². The number of hydrogen-bond donors (Lipinski definition) is 2.